The maximum absolute atomic E-state index is 12.6. The predicted octanol–water partition coefficient (Wildman–Crippen LogP) is 0.964. The number of nitrogens with two attached hydrogens (primary N) is 1. The van der Waals surface area contributed by atoms with E-state index in [9.17, 15) is 4.79 Å². The molecule has 2 aliphatic heterocycles. The van der Waals surface area contributed by atoms with E-state index < -0.39 is 0 Å². The van der Waals surface area contributed by atoms with Crippen molar-refractivity contribution in [1.82, 2.24) is 10.6 Å². The Morgan fingerprint density at radius 3 is 3.18 bits per heavy atom. The summed E-state index contributed by atoms with van der Waals surface area (Å²) in [6.07, 6.45) is 1.45. The number of ether oxygens (including phenoxy) is 2. The highest BCUT2D eigenvalue weighted by Gasteiger charge is 2.30. The van der Waals surface area contributed by atoms with Crippen molar-refractivity contribution in [2.24, 2.45) is 0 Å². The van der Waals surface area contributed by atoms with Crippen LogP contribution in [0.3, 0.4) is 0 Å². The number of rotatable bonds is 3. The fourth-order valence-corrected chi connectivity index (χ4v) is 3.25. The Morgan fingerprint density at radius 2 is 2.41 bits per heavy atom. The standard InChI is InChI=1S/C15H20ClN3O3/c1-21-12-7-18-4-2-11(12)19-15(20)9-6-10(16)13(17)8-3-5-22-14(8)9/h6,11-12,18H,2-5,7,17H2,1H3,(H,19,20)/t11-,12+/m0/s1. The number of carbonyl (C=O) groups is 1. The molecule has 120 valence electrons. The molecule has 2 aliphatic rings. The van der Waals surface area contributed by atoms with Gasteiger partial charge in [-0.05, 0) is 19.0 Å². The summed E-state index contributed by atoms with van der Waals surface area (Å²) in [6, 6.07) is 1.55. The number of piperidine rings is 1. The molecule has 2 heterocycles. The Bertz CT molecular complexity index is 594. The first kappa shape index (κ1) is 15.4. The van der Waals surface area contributed by atoms with Crippen molar-refractivity contribution in [3.8, 4) is 5.75 Å². The largest absolute Gasteiger partial charge is 0.492 e. The molecule has 0 aliphatic carbocycles. The molecule has 22 heavy (non-hydrogen) atoms. The normalized spacial score (nSPS) is 23.7. The minimum Gasteiger partial charge on any atom is -0.492 e. The molecule has 3 rings (SSSR count). The Kier molecular flexibility index (Phi) is 4.42. The van der Waals surface area contributed by atoms with Gasteiger partial charge in [-0.3, -0.25) is 4.79 Å². The molecule has 6 nitrogen and oxygen atoms in total. The summed E-state index contributed by atoms with van der Waals surface area (Å²) in [5.41, 5.74) is 7.73. The third-order valence-electron chi connectivity index (χ3n) is 4.26. The van der Waals surface area contributed by atoms with Crippen molar-refractivity contribution in [3.05, 3.63) is 22.2 Å². The second kappa shape index (κ2) is 6.32. The van der Waals surface area contributed by atoms with Crippen LogP contribution in [-0.4, -0.2) is 44.9 Å². The number of hydrogen-bond acceptors (Lipinski definition) is 5. The van der Waals surface area contributed by atoms with Gasteiger partial charge in [0.2, 0.25) is 0 Å². The smallest absolute Gasteiger partial charge is 0.255 e. The zero-order valence-corrected chi connectivity index (χ0v) is 13.2. The highest BCUT2D eigenvalue weighted by molar-refractivity contribution is 6.33. The number of fused-ring (bicyclic) bond motifs is 1. The maximum atomic E-state index is 12.6. The summed E-state index contributed by atoms with van der Waals surface area (Å²) in [5.74, 6) is 0.358. The van der Waals surface area contributed by atoms with Crippen LogP contribution < -0.4 is 21.1 Å². The fourth-order valence-electron chi connectivity index (χ4n) is 3.02. The van der Waals surface area contributed by atoms with Gasteiger partial charge in [-0.1, -0.05) is 11.6 Å². The van der Waals surface area contributed by atoms with Gasteiger partial charge in [-0.15, -0.1) is 0 Å². The number of carbonyl (C=O) groups excluding carboxylic acids is 1. The zero-order chi connectivity index (χ0) is 15.7. The lowest BCUT2D eigenvalue weighted by Crippen LogP contribution is -2.53. The second-order valence-electron chi connectivity index (χ2n) is 5.57. The molecular weight excluding hydrogens is 306 g/mol. The molecule has 0 aromatic heterocycles. The zero-order valence-electron chi connectivity index (χ0n) is 12.4. The van der Waals surface area contributed by atoms with Crippen LogP contribution >= 0.6 is 11.6 Å². The van der Waals surface area contributed by atoms with E-state index in [0.29, 0.717) is 35.1 Å². The molecule has 1 fully saturated rings. The molecule has 0 unspecified atom stereocenters. The van der Waals surface area contributed by atoms with Gasteiger partial charge in [0.15, 0.2) is 0 Å². The van der Waals surface area contributed by atoms with Crippen molar-refractivity contribution >= 4 is 23.2 Å². The van der Waals surface area contributed by atoms with Crippen molar-refractivity contribution < 1.29 is 14.3 Å². The number of anilines is 1. The number of nitrogen functional groups attached to an aromatic ring is 1. The van der Waals surface area contributed by atoms with E-state index in [0.717, 1.165) is 25.1 Å². The molecular formula is C15H20ClN3O3. The van der Waals surface area contributed by atoms with Crippen molar-refractivity contribution in [2.45, 2.75) is 25.0 Å². The van der Waals surface area contributed by atoms with Crippen molar-refractivity contribution in [3.63, 3.8) is 0 Å². The maximum Gasteiger partial charge on any atom is 0.255 e. The monoisotopic (exact) mass is 325 g/mol. The van der Waals surface area contributed by atoms with Gasteiger partial charge in [-0.2, -0.15) is 0 Å². The highest BCUT2D eigenvalue weighted by Crippen LogP contribution is 2.38. The van der Waals surface area contributed by atoms with Crippen LogP contribution in [0, 0.1) is 0 Å². The van der Waals surface area contributed by atoms with Gasteiger partial charge in [0.05, 0.1) is 35.0 Å². The quantitative estimate of drug-likeness (QED) is 0.721. The summed E-state index contributed by atoms with van der Waals surface area (Å²) >= 11 is 6.15. The van der Waals surface area contributed by atoms with Crippen molar-refractivity contribution in [1.29, 1.82) is 0 Å². The van der Waals surface area contributed by atoms with Crippen molar-refractivity contribution in [2.75, 3.05) is 32.5 Å². The lowest BCUT2D eigenvalue weighted by molar-refractivity contribution is 0.0476. The van der Waals surface area contributed by atoms with E-state index in [-0.39, 0.29) is 18.1 Å². The number of amides is 1. The van der Waals surface area contributed by atoms with Gasteiger partial charge < -0.3 is 25.8 Å². The Labute approximate surface area is 134 Å². The molecule has 0 spiro atoms. The summed E-state index contributed by atoms with van der Waals surface area (Å²) in [6.45, 7) is 2.09. The van der Waals surface area contributed by atoms with E-state index in [4.69, 9.17) is 26.8 Å². The molecule has 1 saturated heterocycles. The lowest BCUT2D eigenvalue weighted by Gasteiger charge is -2.31. The van der Waals surface area contributed by atoms with E-state index in [1.165, 1.54) is 0 Å². The third-order valence-corrected chi connectivity index (χ3v) is 4.57. The number of hydrogen-bond donors (Lipinski definition) is 3. The Morgan fingerprint density at radius 1 is 1.59 bits per heavy atom. The van der Waals surface area contributed by atoms with Gasteiger partial charge in [-0.25, -0.2) is 0 Å². The van der Waals surface area contributed by atoms with Crippen LogP contribution in [0.2, 0.25) is 5.02 Å². The third kappa shape index (κ3) is 2.74. The average Bonchev–Trinajstić information content (AvgIpc) is 3.01. The topological polar surface area (TPSA) is 85.6 Å². The summed E-state index contributed by atoms with van der Waals surface area (Å²) in [5, 5.41) is 6.67. The molecule has 0 radical (unpaired) electrons. The molecule has 0 bridgehead atoms. The van der Waals surface area contributed by atoms with Crippen LogP contribution in [0.4, 0.5) is 5.69 Å². The first-order chi connectivity index (χ1) is 10.6. The van der Waals surface area contributed by atoms with Crippen LogP contribution in [-0.2, 0) is 11.2 Å². The molecule has 2 atom stereocenters. The van der Waals surface area contributed by atoms with Gasteiger partial charge in [0.25, 0.3) is 5.91 Å². The molecule has 1 aromatic rings. The van der Waals surface area contributed by atoms with Crippen LogP contribution in [0.5, 0.6) is 5.75 Å². The van der Waals surface area contributed by atoms with Crippen LogP contribution in [0.15, 0.2) is 6.07 Å². The summed E-state index contributed by atoms with van der Waals surface area (Å²) < 4.78 is 11.0. The molecule has 4 N–H and O–H groups in total. The number of benzene rings is 1. The average molecular weight is 326 g/mol. The second-order valence-corrected chi connectivity index (χ2v) is 5.98. The minimum atomic E-state index is -0.200. The molecule has 0 saturated carbocycles. The predicted molar refractivity (Wildman–Crippen MR) is 84.6 cm³/mol. The summed E-state index contributed by atoms with van der Waals surface area (Å²) in [4.78, 5) is 12.6. The first-order valence-corrected chi connectivity index (χ1v) is 7.77. The van der Waals surface area contributed by atoms with Crippen LogP contribution in [0.25, 0.3) is 0 Å². The molecule has 1 aromatic carbocycles. The lowest BCUT2D eigenvalue weighted by atomic mass is 10.0. The van der Waals surface area contributed by atoms with E-state index in [1.807, 2.05) is 0 Å². The van der Waals surface area contributed by atoms with Gasteiger partial charge in [0, 0.05) is 25.6 Å². The van der Waals surface area contributed by atoms with Crippen LogP contribution in [0.1, 0.15) is 22.3 Å². The van der Waals surface area contributed by atoms with E-state index >= 15 is 0 Å². The number of nitrogens with one attached hydrogen (secondary N) is 2. The number of halogens is 1. The van der Waals surface area contributed by atoms with Gasteiger partial charge in [0.1, 0.15) is 5.75 Å². The fraction of sp³-hybridized carbons (Fsp3) is 0.533. The molecule has 7 heteroatoms. The first-order valence-electron chi connectivity index (χ1n) is 7.40. The van der Waals surface area contributed by atoms with E-state index in [1.54, 1.807) is 13.2 Å². The molecule has 1 amide bonds. The Balaban J connectivity index is 1.84. The minimum absolute atomic E-state index is 0.0351. The SMILES string of the molecule is CO[C@@H]1CNCC[C@@H]1NC(=O)c1cc(Cl)c(N)c2c1OCC2. The van der Waals surface area contributed by atoms with E-state index in [2.05, 4.69) is 10.6 Å². The Hall–Kier alpha value is -1.50. The number of methoxy groups -OCH3 is 1. The van der Waals surface area contributed by atoms with Gasteiger partial charge >= 0.3 is 0 Å². The summed E-state index contributed by atoms with van der Waals surface area (Å²) in [7, 11) is 1.65. The highest BCUT2D eigenvalue weighted by atomic mass is 35.5.